The number of sulfonamides is 1. The number of nitrogen functional groups attached to an aromatic ring is 1. The van der Waals surface area contributed by atoms with Crippen LogP contribution in [0.3, 0.4) is 0 Å². The third kappa shape index (κ3) is 6.04. The Hall–Kier alpha value is -2.05. The number of nitrogens with one attached hydrogen (secondary N) is 2. The molecule has 1 aromatic carbocycles. The van der Waals surface area contributed by atoms with Crippen molar-refractivity contribution in [1.29, 1.82) is 0 Å². The molecule has 146 valence electrons. The molecule has 0 spiro atoms. The van der Waals surface area contributed by atoms with Crippen molar-refractivity contribution in [2.24, 2.45) is 5.73 Å². The summed E-state index contributed by atoms with van der Waals surface area (Å²) in [5, 5.41) is 1.35. The second kappa shape index (κ2) is 8.56. The Morgan fingerprint density at radius 3 is 2.38 bits per heavy atom. The minimum Gasteiger partial charge on any atom is -0.398 e. The van der Waals surface area contributed by atoms with Gasteiger partial charge in [0, 0.05) is 0 Å². The van der Waals surface area contributed by atoms with Crippen LogP contribution in [0.25, 0.3) is 0 Å². The minimum atomic E-state index is -5.23. The Bertz CT molecular complexity index is 786. The van der Waals surface area contributed by atoms with Gasteiger partial charge in [-0.05, 0) is 37.6 Å². The first-order valence-corrected chi connectivity index (χ1v) is 8.94. The molecular weight excluding hydrogens is 401 g/mol. The van der Waals surface area contributed by atoms with Gasteiger partial charge in [-0.1, -0.05) is 11.6 Å². The Morgan fingerprint density at radius 1 is 1.27 bits per heavy atom. The van der Waals surface area contributed by atoms with Crippen LogP contribution in [0.2, 0.25) is 5.02 Å². The lowest BCUT2D eigenvalue weighted by atomic mass is 10.1. The first-order valence-electron chi connectivity index (χ1n) is 7.08. The number of alkyl halides is 3. The molecule has 0 saturated heterocycles. The number of benzene rings is 1. The fourth-order valence-corrected chi connectivity index (χ4v) is 3.06. The van der Waals surface area contributed by atoms with Crippen molar-refractivity contribution < 1.29 is 31.2 Å². The molecule has 0 bridgehead atoms. The number of rotatable bonds is 7. The summed E-state index contributed by atoms with van der Waals surface area (Å²) in [6.45, 7) is 0.0198. The second-order valence-electron chi connectivity index (χ2n) is 5.11. The molecule has 0 heterocycles. The summed E-state index contributed by atoms with van der Waals surface area (Å²) in [5.41, 5.74) is 10.8. The van der Waals surface area contributed by atoms with Crippen LogP contribution in [0, 0.1) is 0 Å². The molecule has 0 aliphatic rings. The molecule has 0 unspecified atom stereocenters. The molecule has 0 aliphatic carbocycles. The average molecular weight is 417 g/mol. The monoisotopic (exact) mass is 416 g/mol. The zero-order valence-electron chi connectivity index (χ0n) is 13.1. The van der Waals surface area contributed by atoms with Gasteiger partial charge in [0.05, 0.1) is 15.6 Å². The van der Waals surface area contributed by atoms with Gasteiger partial charge in [0.1, 0.15) is 6.04 Å². The quantitative estimate of drug-likeness (QED) is 0.477. The van der Waals surface area contributed by atoms with Crippen molar-refractivity contribution in [3.8, 4) is 0 Å². The number of halogens is 4. The standard InChI is InChI=1S/C13H16ClF3N4O4S/c14-8-6-7(3-4-9(8)19)26(24,25)21-11(22)10(2-1-5-18)20-12(23)13(15,16)17/h3-4,6,10H,1-2,5,18-19H2,(H,20,23)(H,21,22)/t10-/m1/s1. The molecule has 0 fully saturated rings. The number of carbonyl (C=O) groups is 2. The molecular formula is C13H16ClF3N4O4S. The molecule has 1 rings (SSSR count). The van der Waals surface area contributed by atoms with E-state index >= 15 is 0 Å². The summed E-state index contributed by atoms with van der Waals surface area (Å²) in [5.74, 6) is -3.72. The Labute approximate surface area is 152 Å². The van der Waals surface area contributed by atoms with E-state index in [2.05, 4.69) is 0 Å². The van der Waals surface area contributed by atoms with E-state index in [1.807, 2.05) is 0 Å². The highest BCUT2D eigenvalue weighted by Gasteiger charge is 2.41. The van der Waals surface area contributed by atoms with E-state index in [9.17, 15) is 31.2 Å². The average Bonchev–Trinajstić information content (AvgIpc) is 2.52. The number of hydrogen-bond donors (Lipinski definition) is 4. The van der Waals surface area contributed by atoms with Crippen molar-refractivity contribution in [2.75, 3.05) is 12.3 Å². The Balaban J connectivity index is 2.99. The lowest BCUT2D eigenvalue weighted by Gasteiger charge is -2.19. The van der Waals surface area contributed by atoms with Gasteiger partial charge in [-0.2, -0.15) is 13.2 Å². The lowest BCUT2D eigenvalue weighted by molar-refractivity contribution is -0.174. The summed E-state index contributed by atoms with van der Waals surface area (Å²) in [6.07, 6.45) is -5.45. The first-order chi connectivity index (χ1) is 11.9. The van der Waals surface area contributed by atoms with Gasteiger partial charge in [-0.25, -0.2) is 13.1 Å². The van der Waals surface area contributed by atoms with E-state index in [0.29, 0.717) is 0 Å². The lowest BCUT2D eigenvalue weighted by Crippen LogP contribution is -2.51. The second-order valence-corrected chi connectivity index (χ2v) is 7.20. The fourth-order valence-electron chi connectivity index (χ4n) is 1.77. The number of hydrogen-bond acceptors (Lipinski definition) is 6. The summed E-state index contributed by atoms with van der Waals surface area (Å²) in [4.78, 5) is 22.7. The van der Waals surface area contributed by atoms with Crippen molar-refractivity contribution >= 4 is 39.1 Å². The third-order valence-corrected chi connectivity index (χ3v) is 4.77. The van der Waals surface area contributed by atoms with Gasteiger partial charge in [-0.15, -0.1) is 0 Å². The number of carbonyl (C=O) groups excluding carboxylic acids is 2. The molecule has 0 aromatic heterocycles. The maximum absolute atomic E-state index is 12.4. The normalized spacial score (nSPS) is 13.1. The molecule has 0 saturated carbocycles. The predicted molar refractivity (Wildman–Crippen MR) is 87.5 cm³/mol. The van der Waals surface area contributed by atoms with Gasteiger partial charge in [-0.3, -0.25) is 9.59 Å². The van der Waals surface area contributed by atoms with Crippen LogP contribution in [0.1, 0.15) is 12.8 Å². The molecule has 2 amide bonds. The Morgan fingerprint density at radius 2 is 1.88 bits per heavy atom. The summed E-state index contributed by atoms with van der Waals surface area (Å²) in [7, 11) is -4.44. The van der Waals surface area contributed by atoms with Crippen LogP contribution < -0.4 is 21.5 Å². The van der Waals surface area contributed by atoms with Gasteiger partial charge >= 0.3 is 12.1 Å². The van der Waals surface area contributed by atoms with Crippen molar-refractivity contribution in [2.45, 2.75) is 30.0 Å². The van der Waals surface area contributed by atoms with E-state index in [-0.39, 0.29) is 30.1 Å². The molecule has 26 heavy (non-hydrogen) atoms. The summed E-state index contributed by atoms with van der Waals surface area (Å²) < 4.78 is 63.0. The molecule has 0 radical (unpaired) electrons. The predicted octanol–water partition coefficient (Wildman–Crippen LogP) is 0.513. The van der Waals surface area contributed by atoms with Crippen LogP contribution in [0.4, 0.5) is 18.9 Å². The van der Waals surface area contributed by atoms with Crippen molar-refractivity contribution in [3.63, 3.8) is 0 Å². The number of anilines is 1. The highest BCUT2D eigenvalue weighted by molar-refractivity contribution is 7.90. The highest BCUT2D eigenvalue weighted by Crippen LogP contribution is 2.22. The van der Waals surface area contributed by atoms with E-state index in [1.54, 1.807) is 4.72 Å². The van der Waals surface area contributed by atoms with Crippen LogP contribution in [-0.2, 0) is 19.6 Å². The minimum absolute atomic E-state index is 0.0198. The maximum Gasteiger partial charge on any atom is 0.471 e. The molecule has 1 aromatic rings. The smallest absolute Gasteiger partial charge is 0.398 e. The molecule has 13 heteroatoms. The van der Waals surface area contributed by atoms with Gasteiger partial charge < -0.3 is 16.8 Å². The van der Waals surface area contributed by atoms with Crippen LogP contribution in [0.15, 0.2) is 23.1 Å². The number of amides is 2. The molecule has 1 atom stereocenters. The first kappa shape index (κ1) is 22.0. The topological polar surface area (TPSA) is 144 Å². The number of nitrogens with two attached hydrogens (primary N) is 2. The maximum atomic E-state index is 12.4. The summed E-state index contributed by atoms with van der Waals surface area (Å²) in [6, 6.07) is 1.46. The van der Waals surface area contributed by atoms with Crippen molar-refractivity contribution in [1.82, 2.24) is 10.0 Å². The highest BCUT2D eigenvalue weighted by atomic mass is 35.5. The molecule has 0 aliphatic heterocycles. The van der Waals surface area contributed by atoms with E-state index < -0.39 is 39.0 Å². The zero-order valence-corrected chi connectivity index (χ0v) is 14.7. The Kier molecular flexibility index (Phi) is 7.24. The van der Waals surface area contributed by atoms with E-state index in [0.717, 1.165) is 12.1 Å². The van der Waals surface area contributed by atoms with Crippen molar-refractivity contribution in [3.05, 3.63) is 23.2 Å². The van der Waals surface area contributed by atoms with Crippen LogP contribution in [-0.4, -0.2) is 39.0 Å². The third-order valence-electron chi connectivity index (χ3n) is 3.09. The molecule has 6 N–H and O–H groups in total. The van der Waals surface area contributed by atoms with Crippen LogP contribution >= 0.6 is 11.6 Å². The van der Waals surface area contributed by atoms with Crippen LogP contribution in [0.5, 0.6) is 0 Å². The van der Waals surface area contributed by atoms with Gasteiger partial charge in [0.15, 0.2) is 0 Å². The largest absolute Gasteiger partial charge is 0.471 e. The van der Waals surface area contributed by atoms with E-state index in [4.69, 9.17) is 23.1 Å². The summed E-state index contributed by atoms with van der Waals surface area (Å²) >= 11 is 5.71. The SMILES string of the molecule is NCCC[C@@H](NC(=O)C(F)(F)F)C(=O)NS(=O)(=O)c1ccc(N)c(Cl)c1. The fraction of sp³-hybridized carbons (Fsp3) is 0.385. The zero-order chi connectivity index (χ0) is 20.1. The van der Waals surface area contributed by atoms with E-state index in [1.165, 1.54) is 11.4 Å². The van der Waals surface area contributed by atoms with Gasteiger partial charge in [0.25, 0.3) is 15.9 Å². The van der Waals surface area contributed by atoms with Gasteiger partial charge in [0.2, 0.25) is 0 Å². The molecule has 8 nitrogen and oxygen atoms in total.